The molecule has 2 atom stereocenters. The maximum absolute atomic E-state index is 10.0. The maximum atomic E-state index is 10.0. The van der Waals surface area contributed by atoms with Gasteiger partial charge in [0.1, 0.15) is 18.0 Å². The van der Waals surface area contributed by atoms with Gasteiger partial charge in [0.05, 0.1) is 6.10 Å². The van der Waals surface area contributed by atoms with Gasteiger partial charge in [-0.05, 0) is 26.2 Å². The molecule has 1 heterocycles. The Labute approximate surface area is 121 Å². The first-order valence-electron chi connectivity index (χ1n) is 7.75. The van der Waals surface area contributed by atoms with Crippen molar-refractivity contribution in [3.63, 3.8) is 0 Å². The first-order chi connectivity index (χ1) is 9.76. The lowest BCUT2D eigenvalue weighted by Crippen LogP contribution is -2.30. The van der Waals surface area contributed by atoms with E-state index < -0.39 is 0 Å². The number of nitrogens with zero attached hydrogens (tertiary/aromatic N) is 2. The van der Waals surface area contributed by atoms with E-state index in [-0.39, 0.29) is 6.10 Å². The zero-order chi connectivity index (χ0) is 14.4. The minimum atomic E-state index is -0.170. The Morgan fingerprint density at radius 2 is 1.85 bits per heavy atom. The summed E-state index contributed by atoms with van der Waals surface area (Å²) >= 11 is 0. The van der Waals surface area contributed by atoms with Gasteiger partial charge in [-0.15, -0.1) is 0 Å². The van der Waals surface area contributed by atoms with Crippen LogP contribution in [0.2, 0.25) is 0 Å². The molecule has 5 heteroatoms. The summed E-state index contributed by atoms with van der Waals surface area (Å²) in [6.45, 7) is 5.81. The van der Waals surface area contributed by atoms with Gasteiger partial charge in [0.2, 0.25) is 0 Å². The van der Waals surface area contributed by atoms with Crippen LogP contribution < -0.4 is 10.6 Å². The fraction of sp³-hybridized carbons (Fsp3) is 0.733. The Bertz CT molecular complexity index is 424. The van der Waals surface area contributed by atoms with Crippen LogP contribution in [0.5, 0.6) is 0 Å². The second kappa shape index (κ2) is 7.43. The Balaban J connectivity index is 2.03. The summed E-state index contributed by atoms with van der Waals surface area (Å²) in [5, 5.41) is 16.7. The summed E-state index contributed by atoms with van der Waals surface area (Å²) in [5.41, 5.74) is 1.12. The molecule has 0 bridgehead atoms. The predicted octanol–water partition coefficient (Wildman–Crippen LogP) is 2.43. The summed E-state index contributed by atoms with van der Waals surface area (Å²) in [5.74, 6) is 2.15. The molecule has 0 spiro atoms. The van der Waals surface area contributed by atoms with Crippen LogP contribution in [-0.2, 0) is 6.42 Å². The van der Waals surface area contributed by atoms with Gasteiger partial charge in [-0.1, -0.05) is 19.8 Å². The Kier molecular flexibility index (Phi) is 5.59. The molecular weight excluding hydrogens is 252 g/mol. The highest BCUT2D eigenvalue weighted by atomic mass is 16.3. The smallest absolute Gasteiger partial charge is 0.134 e. The average molecular weight is 278 g/mol. The molecule has 20 heavy (non-hydrogen) atoms. The monoisotopic (exact) mass is 278 g/mol. The van der Waals surface area contributed by atoms with Crippen LogP contribution in [0, 0.1) is 5.92 Å². The van der Waals surface area contributed by atoms with Crippen molar-refractivity contribution in [1.82, 2.24) is 9.97 Å². The van der Waals surface area contributed by atoms with E-state index in [9.17, 15) is 5.11 Å². The molecule has 0 aliphatic heterocycles. The van der Waals surface area contributed by atoms with E-state index in [1.54, 1.807) is 6.33 Å². The van der Waals surface area contributed by atoms with Gasteiger partial charge in [-0.2, -0.15) is 0 Å². The van der Waals surface area contributed by atoms with Crippen LogP contribution in [0.3, 0.4) is 0 Å². The fourth-order valence-electron chi connectivity index (χ4n) is 2.87. The minimum Gasteiger partial charge on any atom is -0.393 e. The van der Waals surface area contributed by atoms with Gasteiger partial charge < -0.3 is 15.7 Å². The van der Waals surface area contributed by atoms with Crippen LogP contribution >= 0.6 is 0 Å². The molecule has 1 aliphatic carbocycles. The zero-order valence-electron chi connectivity index (χ0n) is 12.5. The van der Waals surface area contributed by atoms with Gasteiger partial charge in [0.15, 0.2) is 0 Å². The highest BCUT2D eigenvalue weighted by Gasteiger charge is 2.23. The highest BCUT2D eigenvalue weighted by molar-refractivity contribution is 5.57. The molecule has 2 rings (SSSR count). The fourth-order valence-corrected chi connectivity index (χ4v) is 2.87. The standard InChI is InChI=1S/C15H26N4O/c1-3-12-14(16-4-2)18-10-19-15(12)17-9-11-7-5-6-8-13(11)20/h10-11,13,20H,3-9H2,1-2H3,(H2,16,17,18,19). The van der Waals surface area contributed by atoms with E-state index in [0.717, 1.165) is 56.0 Å². The molecule has 0 saturated heterocycles. The third kappa shape index (κ3) is 3.60. The van der Waals surface area contributed by atoms with Gasteiger partial charge in [0.25, 0.3) is 0 Å². The molecule has 5 nitrogen and oxygen atoms in total. The van der Waals surface area contributed by atoms with Gasteiger partial charge in [-0.3, -0.25) is 0 Å². The number of hydrogen-bond acceptors (Lipinski definition) is 5. The third-order valence-electron chi connectivity index (χ3n) is 4.04. The van der Waals surface area contributed by atoms with Crippen LogP contribution in [0.25, 0.3) is 0 Å². The van der Waals surface area contributed by atoms with Crippen LogP contribution in [0.4, 0.5) is 11.6 Å². The molecule has 112 valence electrons. The number of aromatic nitrogens is 2. The number of rotatable bonds is 6. The van der Waals surface area contributed by atoms with E-state index in [1.807, 2.05) is 0 Å². The Hall–Kier alpha value is -1.36. The molecule has 0 aromatic carbocycles. The quantitative estimate of drug-likeness (QED) is 0.745. The van der Waals surface area contributed by atoms with Crippen molar-refractivity contribution in [2.45, 2.75) is 52.1 Å². The van der Waals surface area contributed by atoms with Crippen LogP contribution in [0.1, 0.15) is 45.1 Å². The lowest BCUT2D eigenvalue weighted by molar-refractivity contribution is 0.0763. The van der Waals surface area contributed by atoms with E-state index >= 15 is 0 Å². The first-order valence-corrected chi connectivity index (χ1v) is 7.75. The lowest BCUT2D eigenvalue weighted by Gasteiger charge is -2.28. The van der Waals surface area contributed by atoms with E-state index in [1.165, 1.54) is 6.42 Å². The molecule has 0 radical (unpaired) electrons. The minimum absolute atomic E-state index is 0.170. The summed E-state index contributed by atoms with van der Waals surface area (Å²) in [6, 6.07) is 0. The number of aliphatic hydroxyl groups is 1. The second-order valence-electron chi connectivity index (χ2n) is 5.43. The molecule has 1 aliphatic rings. The van der Waals surface area contributed by atoms with Crippen molar-refractivity contribution in [2.75, 3.05) is 23.7 Å². The number of nitrogens with one attached hydrogen (secondary N) is 2. The van der Waals surface area contributed by atoms with Crippen molar-refractivity contribution in [3.8, 4) is 0 Å². The first kappa shape index (κ1) is 15.0. The van der Waals surface area contributed by atoms with E-state index in [0.29, 0.717) is 5.92 Å². The largest absolute Gasteiger partial charge is 0.393 e. The summed E-state index contributed by atoms with van der Waals surface area (Å²) in [7, 11) is 0. The van der Waals surface area contributed by atoms with E-state index in [4.69, 9.17) is 0 Å². The maximum Gasteiger partial charge on any atom is 0.134 e. The third-order valence-corrected chi connectivity index (χ3v) is 4.04. The van der Waals surface area contributed by atoms with Crippen LogP contribution in [-0.4, -0.2) is 34.3 Å². The molecule has 1 fully saturated rings. The Morgan fingerprint density at radius 3 is 2.50 bits per heavy atom. The normalized spacial score (nSPS) is 22.6. The molecule has 3 N–H and O–H groups in total. The van der Waals surface area contributed by atoms with Gasteiger partial charge in [-0.25, -0.2) is 9.97 Å². The lowest BCUT2D eigenvalue weighted by atomic mass is 9.86. The van der Waals surface area contributed by atoms with Crippen molar-refractivity contribution in [3.05, 3.63) is 11.9 Å². The molecule has 0 amide bonds. The number of hydrogen-bond donors (Lipinski definition) is 3. The van der Waals surface area contributed by atoms with Crippen molar-refractivity contribution in [1.29, 1.82) is 0 Å². The SMILES string of the molecule is CCNc1ncnc(NCC2CCCCC2O)c1CC. The average Bonchev–Trinajstić information content (AvgIpc) is 2.47. The summed E-state index contributed by atoms with van der Waals surface area (Å²) in [6.07, 6.45) is 6.71. The molecule has 1 aromatic rings. The zero-order valence-corrected chi connectivity index (χ0v) is 12.5. The summed E-state index contributed by atoms with van der Waals surface area (Å²) in [4.78, 5) is 8.66. The predicted molar refractivity (Wildman–Crippen MR) is 82.0 cm³/mol. The van der Waals surface area contributed by atoms with Crippen LogP contribution in [0.15, 0.2) is 6.33 Å². The molecule has 1 saturated carbocycles. The molecular formula is C15H26N4O. The molecule has 1 aromatic heterocycles. The number of anilines is 2. The second-order valence-corrected chi connectivity index (χ2v) is 5.43. The summed E-state index contributed by atoms with van der Waals surface area (Å²) < 4.78 is 0. The van der Waals surface area contributed by atoms with Crippen molar-refractivity contribution >= 4 is 11.6 Å². The van der Waals surface area contributed by atoms with Gasteiger partial charge >= 0.3 is 0 Å². The van der Waals surface area contributed by atoms with E-state index in [2.05, 4.69) is 34.4 Å². The van der Waals surface area contributed by atoms with Crippen molar-refractivity contribution in [2.24, 2.45) is 5.92 Å². The highest BCUT2D eigenvalue weighted by Crippen LogP contribution is 2.26. The number of aliphatic hydroxyl groups excluding tert-OH is 1. The van der Waals surface area contributed by atoms with Crippen molar-refractivity contribution < 1.29 is 5.11 Å². The van der Waals surface area contributed by atoms with Gasteiger partial charge in [0, 0.05) is 24.6 Å². The molecule has 2 unspecified atom stereocenters. The Morgan fingerprint density at radius 1 is 1.15 bits per heavy atom. The topological polar surface area (TPSA) is 70.1 Å².